The van der Waals surface area contributed by atoms with Gasteiger partial charge in [-0.2, -0.15) is 0 Å². The van der Waals surface area contributed by atoms with E-state index in [9.17, 15) is 0 Å². The number of thioether (sulfide) groups is 1. The van der Waals surface area contributed by atoms with E-state index in [1.807, 2.05) is 43.1 Å². The predicted octanol–water partition coefficient (Wildman–Crippen LogP) is 4.39. The summed E-state index contributed by atoms with van der Waals surface area (Å²) in [6.07, 6.45) is 0. The van der Waals surface area contributed by atoms with Crippen molar-refractivity contribution in [3.63, 3.8) is 0 Å². The van der Waals surface area contributed by atoms with Crippen LogP contribution in [0.4, 0.5) is 0 Å². The Morgan fingerprint density at radius 1 is 1.11 bits per heavy atom. The predicted molar refractivity (Wildman–Crippen MR) is 80.4 cm³/mol. The highest BCUT2D eigenvalue weighted by Crippen LogP contribution is 2.25. The Bertz CT molecular complexity index is 487. The Balaban J connectivity index is 2.02. The minimum atomic E-state index is 0.314. The van der Waals surface area contributed by atoms with E-state index in [4.69, 9.17) is 11.6 Å². The smallest absolute Gasteiger partial charge is 0.0413 e. The van der Waals surface area contributed by atoms with E-state index in [1.165, 1.54) is 10.5 Å². The first-order chi connectivity index (χ1) is 8.79. The van der Waals surface area contributed by atoms with Crippen molar-refractivity contribution < 1.29 is 0 Å². The molecule has 1 N–H and O–H groups in total. The molecule has 2 rings (SSSR count). The lowest BCUT2D eigenvalue weighted by atomic mass is 10.1. The molecule has 2 aromatic carbocycles. The van der Waals surface area contributed by atoms with E-state index in [0.29, 0.717) is 6.04 Å². The van der Waals surface area contributed by atoms with Gasteiger partial charge in [0, 0.05) is 21.7 Å². The summed E-state index contributed by atoms with van der Waals surface area (Å²) in [5.74, 6) is 0.987. The van der Waals surface area contributed by atoms with Crippen LogP contribution < -0.4 is 5.32 Å². The van der Waals surface area contributed by atoms with Gasteiger partial charge in [-0.1, -0.05) is 41.9 Å². The normalized spacial score (nSPS) is 12.3. The number of halogens is 1. The molecule has 0 saturated heterocycles. The van der Waals surface area contributed by atoms with Crippen LogP contribution in [0.1, 0.15) is 11.6 Å². The zero-order valence-electron chi connectivity index (χ0n) is 10.3. The Kier molecular flexibility index (Phi) is 5.12. The molecule has 0 spiro atoms. The highest BCUT2D eigenvalue weighted by atomic mass is 35.5. The molecule has 2 aromatic rings. The fourth-order valence-electron chi connectivity index (χ4n) is 1.77. The average Bonchev–Trinajstić information content (AvgIpc) is 2.41. The molecule has 0 saturated carbocycles. The number of rotatable bonds is 5. The number of benzene rings is 2. The summed E-state index contributed by atoms with van der Waals surface area (Å²) in [7, 11) is 1.98. The van der Waals surface area contributed by atoms with Crippen LogP contribution in [0.3, 0.4) is 0 Å². The monoisotopic (exact) mass is 277 g/mol. The van der Waals surface area contributed by atoms with Gasteiger partial charge in [0.25, 0.3) is 0 Å². The van der Waals surface area contributed by atoms with Crippen LogP contribution in [0.25, 0.3) is 0 Å². The number of hydrogen-bond donors (Lipinski definition) is 1. The molecular formula is C15H16ClNS. The van der Waals surface area contributed by atoms with Gasteiger partial charge in [0.15, 0.2) is 0 Å². The molecular weight excluding hydrogens is 262 g/mol. The molecule has 0 aromatic heterocycles. The summed E-state index contributed by atoms with van der Waals surface area (Å²) in [6.45, 7) is 0. The van der Waals surface area contributed by atoms with Crippen LogP contribution >= 0.6 is 23.4 Å². The second-order valence-corrected chi connectivity index (χ2v) is 5.55. The molecule has 0 aliphatic heterocycles. The summed E-state index contributed by atoms with van der Waals surface area (Å²) in [5.41, 5.74) is 1.23. The number of nitrogens with one attached hydrogen (secondary N) is 1. The first-order valence-electron chi connectivity index (χ1n) is 5.90. The first-order valence-corrected chi connectivity index (χ1v) is 7.26. The first kappa shape index (κ1) is 13.5. The Labute approximate surface area is 118 Å². The third-order valence-corrected chi connectivity index (χ3v) is 4.10. The topological polar surface area (TPSA) is 12.0 Å². The second kappa shape index (κ2) is 6.83. The van der Waals surface area contributed by atoms with E-state index in [2.05, 4.69) is 35.6 Å². The molecule has 1 nitrogen and oxygen atoms in total. The van der Waals surface area contributed by atoms with Gasteiger partial charge in [0.2, 0.25) is 0 Å². The second-order valence-electron chi connectivity index (χ2n) is 4.02. The minimum Gasteiger partial charge on any atom is -0.312 e. The van der Waals surface area contributed by atoms with E-state index >= 15 is 0 Å². The largest absolute Gasteiger partial charge is 0.312 e. The molecule has 0 aliphatic rings. The molecule has 0 aliphatic carbocycles. The van der Waals surface area contributed by atoms with Gasteiger partial charge >= 0.3 is 0 Å². The van der Waals surface area contributed by atoms with Gasteiger partial charge in [0.05, 0.1) is 0 Å². The lowest BCUT2D eigenvalue weighted by Gasteiger charge is -2.16. The van der Waals surface area contributed by atoms with Crippen LogP contribution in [0, 0.1) is 0 Å². The molecule has 94 valence electrons. The zero-order chi connectivity index (χ0) is 12.8. The lowest BCUT2D eigenvalue weighted by molar-refractivity contribution is 0.662. The van der Waals surface area contributed by atoms with E-state index in [1.54, 1.807) is 0 Å². The summed E-state index contributed by atoms with van der Waals surface area (Å²) >= 11 is 7.88. The zero-order valence-corrected chi connectivity index (χ0v) is 11.8. The van der Waals surface area contributed by atoms with Crippen molar-refractivity contribution in [1.29, 1.82) is 0 Å². The van der Waals surface area contributed by atoms with Crippen molar-refractivity contribution in [3.05, 3.63) is 65.2 Å². The molecule has 1 unspecified atom stereocenters. The van der Waals surface area contributed by atoms with Gasteiger partial charge in [-0.3, -0.25) is 0 Å². The van der Waals surface area contributed by atoms with Crippen molar-refractivity contribution in [2.75, 3.05) is 12.8 Å². The van der Waals surface area contributed by atoms with E-state index in [0.717, 1.165) is 10.8 Å². The van der Waals surface area contributed by atoms with Crippen molar-refractivity contribution in [2.45, 2.75) is 10.9 Å². The highest BCUT2D eigenvalue weighted by Gasteiger charge is 2.09. The van der Waals surface area contributed by atoms with Crippen LogP contribution in [0.2, 0.25) is 5.02 Å². The molecule has 0 fully saturated rings. The summed E-state index contributed by atoms with van der Waals surface area (Å²) in [4.78, 5) is 1.29. The van der Waals surface area contributed by atoms with Gasteiger partial charge in [-0.25, -0.2) is 0 Å². The van der Waals surface area contributed by atoms with Gasteiger partial charge < -0.3 is 5.32 Å². The quantitative estimate of drug-likeness (QED) is 0.814. The lowest BCUT2D eigenvalue weighted by Crippen LogP contribution is -2.18. The van der Waals surface area contributed by atoms with Gasteiger partial charge in [-0.05, 0) is 36.9 Å². The summed E-state index contributed by atoms with van der Waals surface area (Å²) < 4.78 is 0. The standard InChI is InChI=1S/C15H16ClNS/c1-17-15(12-6-5-7-13(16)10-12)11-18-14-8-3-2-4-9-14/h2-10,15,17H,11H2,1H3. The maximum Gasteiger partial charge on any atom is 0.0413 e. The summed E-state index contributed by atoms with van der Waals surface area (Å²) in [6, 6.07) is 18.8. The van der Waals surface area contributed by atoms with Crippen LogP contribution in [-0.4, -0.2) is 12.8 Å². The van der Waals surface area contributed by atoms with Gasteiger partial charge in [0.1, 0.15) is 0 Å². The number of hydrogen-bond acceptors (Lipinski definition) is 2. The maximum absolute atomic E-state index is 6.03. The van der Waals surface area contributed by atoms with Crippen molar-refractivity contribution >= 4 is 23.4 Å². The SMILES string of the molecule is CNC(CSc1ccccc1)c1cccc(Cl)c1. The summed E-state index contributed by atoms with van der Waals surface area (Å²) in [5, 5.41) is 4.13. The van der Waals surface area contributed by atoms with E-state index < -0.39 is 0 Å². The Morgan fingerprint density at radius 2 is 1.89 bits per heavy atom. The van der Waals surface area contributed by atoms with Crippen LogP contribution in [0.5, 0.6) is 0 Å². The maximum atomic E-state index is 6.03. The Hall–Kier alpha value is -0.960. The minimum absolute atomic E-state index is 0.314. The van der Waals surface area contributed by atoms with Gasteiger partial charge in [-0.15, -0.1) is 11.8 Å². The third-order valence-electron chi connectivity index (χ3n) is 2.76. The fourth-order valence-corrected chi connectivity index (χ4v) is 3.03. The molecule has 0 amide bonds. The van der Waals surface area contributed by atoms with Crippen molar-refractivity contribution in [3.8, 4) is 0 Å². The van der Waals surface area contributed by atoms with Crippen LogP contribution in [0.15, 0.2) is 59.5 Å². The highest BCUT2D eigenvalue weighted by molar-refractivity contribution is 7.99. The average molecular weight is 278 g/mol. The van der Waals surface area contributed by atoms with E-state index in [-0.39, 0.29) is 0 Å². The van der Waals surface area contributed by atoms with Crippen LogP contribution in [-0.2, 0) is 0 Å². The molecule has 0 radical (unpaired) electrons. The molecule has 0 bridgehead atoms. The molecule has 1 atom stereocenters. The molecule has 0 heterocycles. The fraction of sp³-hybridized carbons (Fsp3) is 0.200. The van der Waals surface area contributed by atoms with Crippen molar-refractivity contribution in [1.82, 2.24) is 5.32 Å². The Morgan fingerprint density at radius 3 is 2.56 bits per heavy atom. The molecule has 3 heteroatoms. The van der Waals surface area contributed by atoms with Crippen molar-refractivity contribution in [2.24, 2.45) is 0 Å². The molecule has 18 heavy (non-hydrogen) atoms. The third kappa shape index (κ3) is 3.77.